The van der Waals surface area contributed by atoms with Gasteiger partial charge in [0.25, 0.3) is 0 Å². The molecular formula is C14H21NO2. The molecule has 1 rings (SSSR count). The standard InChI is InChI=1S/C14H21NO2/c1-5-6-11(2)15-10-12-7-8-13(16-3)14(9-12)17-4/h5,7-9,11,15H,1,6,10H2,2-4H3. The van der Waals surface area contributed by atoms with Crippen LogP contribution in [-0.4, -0.2) is 20.3 Å². The zero-order valence-electron chi connectivity index (χ0n) is 10.8. The second kappa shape index (κ2) is 6.97. The van der Waals surface area contributed by atoms with E-state index < -0.39 is 0 Å². The van der Waals surface area contributed by atoms with Gasteiger partial charge in [-0.2, -0.15) is 0 Å². The van der Waals surface area contributed by atoms with Crippen molar-refractivity contribution in [3.8, 4) is 11.5 Å². The molecule has 0 heterocycles. The maximum atomic E-state index is 5.26. The predicted octanol–water partition coefficient (Wildman–Crippen LogP) is 2.76. The second-order valence-electron chi connectivity index (χ2n) is 4.00. The Labute approximate surface area is 103 Å². The molecule has 1 N–H and O–H groups in total. The molecule has 1 aromatic carbocycles. The number of benzene rings is 1. The summed E-state index contributed by atoms with van der Waals surface area (Å²) in [5, 5.41) is 3.42. The summed E-state index contributed by atoms with van der Waals surface area (Å²) in [5.41, 5.74) is 1.18. The molecule has 0 saturated heterocycles. The lowest BCUT2D eigenvalue weighted by molar-refractivity contribution is 0.354. The number of nitrogens with one attached hydrogen (secondary N) is 1. The van der Waals surface area contributed by atoms with Crippen LogP contribution in [0, 0.1) is 0 Å². The fraction of sp³-hybridized carbons (Fsp3) is 0.429. The summed E-state index contributed by atoms with van der Waals surface area (Å²) in [6.45, 7) is 6.69. The summed E-state index contributed by atoms with van der Waals surface area (Å²) < 4.78 is 10.5. The molecule has 0 radical (unpaired) electrons. The molecule has 0 fully saturated rings. The monoisotopic (exact) mass is 235 g/mol. The van der Waals surface area contributed by atoms with E-state index in [9.17, 15) is 0 Å². The number of hydrogen-bond donors (Lipinski definition) is 1. The van der Waals surface area contributed by atoms with Gasteiger partial charge < -0.3 is 14.8 Å². The molecule has 0 aromatic heterocycles. The summed E-state index contributed by atoms with van der Waals surface area (Å²) in [6.07, 6.45) is 2.89. The van der Waals surface area contributed by atoms with Gasteiger partial charge in [0.2, 0.25) is 0 Å². The highest BCUT2D eigenvalue weighted by Crippen LogP contribution is 2.27. The Morgan fingerprint density at radius 3 is 2.59 bits per heavy atom. The van der Waals surface area contributed by atoms with Gasteiger partial charge in [-0.15, -0.1) is 6.58 Å². The number of hydrogen-bond acceptors (Lipinski definition) is 3. The molecule has 94 valence electrons. The van der Waals surface area contributed by atoms with Gasteiger partial charge in [0, 0.05) is 12.6 Å². The lowest BCUT2D eigenvalue weighted by Gasteiger charge is -2.13. The van der Waals surface area contributed by atoms with E-state index in [2.05, 4.69) is 18.8 Å². The van der Waals surface area contributed by atoms with Crippen molar-refractivity contribution >= 4 is 0 Å². The molecule has 0 aliphatic carbocycles. The highest BCUT2D eigenvalue weighted by molar-refractivity contribution is 5.42. The van der Waals surface area contributed by atoms with Crippen molar-refractivity contribution in [2.75, 3.05) is 14.2 Å². The van der Waals surface area contributed by atoms with Crippen molar-refractivity contribution in [2.24, 2.45) is 0 Å². The lowest BCUT2D eigenvalue weighted by Crippen LogP contribution is -2.24. The van der Waals surface area contributed by atoms with Gasteiger partial charge in [-0.1, -0.05) is 12.1 Å². The minimum Gasteiger partial charge on any atom is -0.493 e. The van der Waals surface area contributed by atoms with Crippen LogP contribution in [0.25, 0.3) is 0 Å². The van der Waals surface area contributed by atoms with E-state index in [1.54, 1.807) is 14.2 Å². The third-order valence-electron chi connectivity index (χ3n) is 2.62. The van der Waals surface area contributed by atoms with Crippen molar-refractivity contribution in [3.05, 3.63) is 36.4 Å². The molecule has 0 saturated carbocycles. The maximum absolute atomic E-state index is 5.26. The van der Waals surface area contributed by atoms with E-state index in [0.29, 0.717) is 6.04 Å². The van der Waals surface area contributed by atoms with Gasteiger partial charge in [-0.3, -0.25) is 0 Å². The van der Waals surface area contributed by atoms with Crippen LogP contribution in [0.5, 0.6) is 11.5 Å². The molecular weight excluding hydrogens is 214 g/mol. The van der Waals surface area contributed by atoms with Crippen LogP contribution in [0.2, 0.25) is 0 Å². The molecule has 0 spiro atoms. The number of rotatable bonds is 7. The molecule has 17 heavy (non-hydrogen) atoms. The van der Waals surface area contributed by atoms with E-state index >= 15 is 0 Å². The van der Waals surface area contributed by atoms with Crippen LogP contribution in [0.4, 0.5) is 0 Å². The molecule has 1 aromatic rings. The van der Waals surface area contributed by atoms with E-state index in [4.69, 9.17) is 9.47 Å². The average Bonchev–Trinajstić information content (AvgIpc) is 2.36. The molecule has 0 amide bonds. The Morgan fingerprint density at radius 1 is 1.29 bits per heavy atom. The van der Waals surface area contributed by atoms with Crippen molar-refractivity contribution in [3.63, 3.8) is 0 Å². The molecule has 3 nitrogen and oxygen atoms in total. The van der Waals surface area contributed by atoms with Gasteiger partial charge in [-0.25, -0.2) is 0 Å². The topological polar surface area (TPSA) is 30.5 Å². The van der Waals surface area contributed by atoms with Gasteiger partial charge in [0.15, 0.2) is 11.5 Å². The van der Waals surface area contributed by atoms with E-state index in [1.165, 1.54) is 5.56 Å². The smallest absolute Gasteiger partial charge is 0.161 e. The van der Waals surface area contributed by atoms with Crippen LogP contribution in [0.1, 0.15) is 18.9 Å². The molecule has 1 unspecified atom stereocenters. The van der Waals surface area contributed by atoms with Gasteiger partial charge >= 0.3 is 0 Å². The van der Waals surface area contributed by atoms with Crippen molar-refractivity contribution in [1.29, 1.82) is 0 Å². The number of ether oxygens (including phenoxy) is 2. The zero-order chi connectivity index (χ0) is 12.7. The Hall–Kier alpha value is -1.48. The zero-order valence-corrected chi connectivity index (χ0v) is 10.8. The highest BCUT2D eigenvalue weighted by atomic mass is 16.5. The Kier molecular flexibility index (Phi) is 5.57. The summed E-state index contributed by atoms with van der Waals surface area (Å²) in [7, 11) is 3.29. The van der Waals surface area contributed by atoms with Gasteiger partial charge in [0.1, 0.15) is 0 Å². The molecule has 0 aliphatic heterocycles. The third kappa shape index (κ3) is 4.11. The first kappa shape index (κ1) is 13.6. The van der Waals surface area contributed by atoms with Crippen LogP contribution in [-0.2, 0) is 6.54 Å². The average molecular weight is 235 g/mol. The molecule has 3 heteroatoms. The molecule has 1 atom stereocenters. The van der Waals surface area contributed by atoms with Crippen LogP contribution in [0.15, 0.2) is 30.9 Å². The Morgan fingerprint density at radius 2 is 2.00 bits per heavy atom. The SMILES string of the molecule is C=CCC(C)NCc1ccc(OC)c(OC)c1. The largest absolute Gasteiger partial charge is 0.493 e. The Bertz CT molecular complexity index is 363. The van der Waals surface area contributed by atoms with Crippen LogP contribution < -0.4 is 14.8 Å². The van der Waals surface area contributed by atoms with Crippen molar-refractivity contribution < 1.29 is 9.47 Å². The minimum absolute atomic E-state index is 0.431. The first-order valence-corrected chi connectivity index (χ1v) is 5.76. The van der Waals surface area contributed by atoms with E-state index in [-0.39, 0.29) is 0 Å². The molecule has 0 bridgehead atoms. The maximum Gasteiger partial charge on any atom is 0.161 e. The Balaban J connectivity index is 2.62. The first-order valence-electron chi connectivity index (χ1n) is 5.76. The summed E-state index contributed by atoms with van der Waals surface area (Å²) in [4.78, 5) is 0. The predicted molar refractivity (Wildman–Crippen MR) is 70.7 cm³/mol. The summed E-state index contributed by atoms with van der Waals surface area (Å²) in [5.74, 6) is 1.53. The van der Waals surface area contributed by atoms with E-state index in [1.807, 2.05) is 24.3 Å². The van der Waals surface area contributed by atoms with Crippen molar-refractivity contribution in [2.45, 2.75) is 25.9 Å². The van der Waals surface area contributed by atoms with Crippen LogP contribution in [0.3, 0.4) is 0 Å². The minimum atomic E-state index is 0.431. The fourth-order valence-corrected chi connectivity index (χ4v) is 1.62. The van der Waals surface area contributed by atoms with E-state index in [0.717, 1.165) is 24.5 Å². The summed E-state index contributed by atoms with van der Waals surface area (Å²) in [6, 6.07) is 6.38. The summed E-state index contributed by atoms with van der Waals surface area (Å²) >= 11 is 0. The third-order valence-corrected chi connectivity index (χ3v) is 2.62. The van der Waals surface area contributed by atoms with Crippen molar-refractivity contribution in [1.82, 2.24) is 5.32 Å². The first-order chi connectivity index (χ1) is 8.21. The fourth-order valence-electron chi connectivity index (χ4n) is 1.62. The van der Waals surface area contributed by atoms with Gasteiger partial charge in [-0.05, 0) is 31.0 Å². The normalized spacial score (nSPS) is 11.9. The number of methoxy groups -OCH3 is 2. The lowest BCUT2D eigenvalue weighted by atomic mass is 10.1. The van der Waals surface area contributed by atoms with Gasteiger partial charge in [0.05, 0.1) is 14.2 Å². The van der Waals surface area contributed by atoms with Crippen LogP contribution >= 0.6 is 0 Å². The molecule has 0 aliphatic rings. The second-order valence-corrected chi connectivity index (χ2v) is 4.00. The highest BCUT2D eigenvalue weighted by Gasteiger charge is 2.05. The quantitative estimate of drug-likeness (QED) is 0.737.